The number of aliphatic imine (C=N–C) groups is 1. The smallest absolute Gasteiger partial charge is 0.246 e. The van der Waals surface area contributed by atoms with Crippen LogP contribution in [0.4, 0.5) is 14.5 Å². The van der Waals surface area contributed by atoms with Gasteiger partial charge in [0.1, 0.15) is 18.2 Å². The molecular formula is C17H11F2N3O. The highest BCUT2D eigenvalue weighted by Gasteiger charge is 2.24. The minimum Gasteiger partial charge on any atom is -0.351 e. The highest BCUT2D eigenvalue weighted by molar-refractivity contribution is 6.22. The fourth-order valence-corrected chi connectivity index (χ4v) is 2.76. The van der Waals surface area contributed by atoms with E-state index in [0.29, 0.717) is 28.0 Å². The van der Waals surface area contributed by atoms with Crippen LogP contribution in [0.15, 0.2) is 47.5 Å². The van der Waals surface area contributed by atoms with Crippen molar-refractivity contribution in [2.24, 2.45) is 4.99 Å². The van der Waals surface area contributed by atoms with Crippen LogP contribution < -0.4 is 5.32 Å². The van der Waals surface area contributed by atoms with Gasteiger partial charge in [0.25, 0.3) is 0 Å². The van der Waals surface area contributed by atoms with Crippen molar-refractivity contribution < 1.29 is 13.6 Å². The maximum absolute atomic E-state index is 14.2. The number of H-pyrrole nitrogens is 1. The van der Waals surface area contributed by atoms with Gasteiger partial charge in [0.05, 0.1) is 22.6 Å². The molecule has 1 aliphatic rings. The van der Waals surface area contributed by atoms with E-state index in [9.17, 15) is 13.6 Å². The SMILES string of the molecule is O=C1CN=C(c2ccccc2F)c2[nH]c3cc(F)ccc3c2N1. The second kappa shape index (κ2) is 5.01. The molecule has 6 heteroatoms. The molecule has 4 rings (SSSR count). The Balaban J connectivity index is 2.01. The number of nitrogens with one attached hydrogen (secondary N) is 2. The molecule has 114 valence electrons. The van der Waals surface area contributed by atoms with E-state index in [0.717, 1.165) is 0 Å². The summed E-state index contributed by atoms with van der Waals surface area (Å²) in [5, 5.41) is 3.41. The molecule has 0 radical (unpaired) electrons. The Bertz CT molecular complexity index is 975. The molecule has 0 unspecified atom stereocenters. The molecule has 0 saturated heterocycles. The second-order valence-corrected chi connectivity index (χ2v) is 5.26. The molecule has 23 heavy (non-hydrogen) atoms. The number of hydrogen-bond acceptors (Lipinski definition) is 2. The minimum atomic E-state index is -0.434. The molecule has 1 amide bonds. The lowest BCUT2D eigenvalue weighted by atomic mass is 10.1. The molecule has 2 aromatic carbocycles. The van der Waals surface area contributed by atoms with Gasteiger partial charge in [-0.1, -0.05) is 12.1 Å². The van der Waals surface area contributed by atoms with E-state index >= 15 is 0 Å². The third-order valence-electron chi connectivity index (χ3n) is 3.77. The van der Waals surface area contributed by atoms with E-state index in [1.54, 1.807) is 24.3 Å². The van der Waals surface area contributed by atoms with E-state index < -0.39 is 11.6 Å². The molecule has 0 bridgehead atoms. The normalized spacial score (nSPS) is 14.2. The summed E-state index contributed by atoms with van der Waals surface area (Å²) in [5.41, 5.74) is 2.11. The van der Waals surface area contributed by atoms with Crippen molar-refractivity contribution in [1.29, 1.82) is 0 Å². The van der Waals surface area contributed by atoms with Crippen LogP contribution in [0, 0.1) is 11.6 Å². The lowest BCUT2D eigenvalue weighted by Crippen LogP contribution is -2.13. The first-order valence-corrected chi connectivity index (χ1v) is 7.04. The molecule has 2 N–H and O–H groups in total. The Kier molecular flexibility index (Phi) is 2.97. The van der Waals surface area contributed by atoms with E-state index in [1.165, 1.54) is 18.2 Å². The predicted molar refractivity (Wildman–Crippen MR) is 83.8 cm³/mol. The third-order valence-corrected chi connectivity index (χ3v) is 3.77. The molecule has 0 atom stereocenters. The Morgan fingerprint density at radius 3 is 2.74 bits per heavy atom. The van der Waals surface area contributed by atoms with Gasteiger partial charge in [0, 0.05) is 10.9 Å². The van der Waals surface area contributed by atoms with Gasteiger partial charge in [0.2, 0.25) is 5.91 Å². The number of hydrogen-bond donors (Lipinski definition) is 2. The molecule has 0 aliphatic carbocycles. The summed E-state index contributed by atoms with van der Waals surface area (Å²) in [5.74, 6) is -1.14. The summed E-state index contributed by atoms with van der Waals surface area (Å²) in [4.78, 5) is 19.2. The van der Waals surface area contributed by atoms with Gasteiger partial charge in [0.15, 0.2) is 0 Å². The van der Waals surface area contributed by atoms with Crippen molar-refractivity contribution in [3.05, 3.63) is 65.4 Å². The third kappa shape index (κ3) is 2.19. The number of rotatable bonds is 1. The quantitative estimate of drug-likeness (QED) is 0.712. The zero-order valence-electron chi connectivity index (χ0n) is 11.9. The lowest BCUT2D eigenvalue weighted by molar-refractivity contribution is -0.114. The van der Waals surface area contributed by atoms with Gasteiger partial charge in [-0.3, -0.25) is 9.79 Å². The van der Waals surface area contributed by atoms with Gasteiger partial charge in [-0.05, 0) is 30.3 Å². The zero-order valence-corrected chi connectivity index (χ0v) is 11.9. The summed E-state index contributed by atoms with van der Waals surface area (Å²) >= 11 is 0. The van der Waals surface area contributed by atoms with Crippen LogP contribution >= 0.6 is 0 Å². The first-order chi connectivity index (χ1) is 11.1. The van der Waals surface area contributed by atoms with Crippen molar-refractivity contribution in [1.82, 2.24) is 4.98 Å². The number of benzene rings is 2. The van der Waals surface area contributed by atoms with Crippen LogP contribution in [-0.2, 0) is 4.79 Å². The Hall–Kier alpha value is -3.02. The van der Waals surface area contributed by atoms with E-state index in [1.807, 2.05) is 0 Å². The summed E-state index contributed by atoms with van der Waals surface area (Å²) in [6, 6.07) is 10.4. The monoisotopic (exact) mass is 311 g/mol. The first kappa shape index (κ1) is 13.6. The number of carbonyl (C=O) groups excluding carboxylic acids is 1. The topological polar surface area (TPSA) is 57.2 Å². The number of anilines is 1. The fourth-order valence-electron chi connectivity index (χ4n) is 2.76. The molecular weight excluding hydrogens is 300 g/mol. The number of aromatic nitrogens is 1. The highest BCUT2D eigenvalue weighted by Crippen LogP contribution is 2.32. The van der Waals surface area contributed by atoms with Crippen molar-refractivity contribution in [2.75, 3.05) is 11.9 Å². The van der Waals surface area contributed by atoms with Crippen molar-refractivity contribution in [2.45, 2.75) is 0 Å². The summed E-state index contributed by atoms with van der Waals surface area (Å²) in [6.45, 7) is -0.102. The van der Waals surface area contributed by atoms with Crippen LogP contribution in [0.5, 0.6) is 0 Å². The number of carbonyl (C=O) groups is 1. The Labute approximate surface area is 129 Å². The largest absolute Gasteiger partial charge is 0.351 e. The molecule has 3 aromatic rings. The molecule has 4 nitrogen and oxygen atoms in total. The highest BCUT2D eigenvalue weighted by atomic mass is 19.1. The molecule has 0 saturated carbocycles. The Morgan fingerprint density at radius 1 is 1.09 bits per heavy atom. The van der Waals surface area contributed by atoms with Gasteiger partial charge >= 0.3 is 0 Å². The maximum Gasteiger partial charge on any atom is 0.246 e. The standard InChI is InChI=1S/C17H11F2N3O/c18-9-5-6-11-13(7-9)21-17-15(10-3-1-2-4-12(10)19)20-8-14(23)22-16(11)17/h1-7,21H,8H2,(H,22,23). The first-order valence-electron chi connectivity index (χ1n) is 7.04. The number of amides is 1. The van der Waals surface area contributed by atoms with Crippen molar-refractivity contribution >= 4 is 28.2 Å². The maximum atomic E-state index is 14.2. The van der Waals surface area contributed by atoms with Crippen LogP contribution in [-0.4, -0.2) is 23.1 Å². The summed E-state index contributed by atoms with van der Waals surface area (Å²) < 4.78 is 27.6. The molecule has 1 aliphatic heterocycles. The van der Waals surface area contributed by atoms with Crippen molar-refractivity contribution in [3.63, 3.8) is 0 Å². The van der Waals surface area contributed by atoms with Gasteiger partial charge in [-0.2, -0.15) is 0 Å². The van der Waals surface area contributed by atoms with E-state index in [-0.39, 0.29) is 18.0 Å². The average Bonchev–Trinajstić information content (AvgIpc) is 2.78. The average molecular weight is 311 g/mol. The number of fused-ring (bicyclic) bond motifs is 3. The number of halogens is 2. The summed E-state index contributed by atoms with van der Waals surface area (Å²) in [6.07, 6.45) is 0. The lowest BCUT2D eigenvalue weighted by Gasteiger charge is -2.06. The van der Waals surface area contributed by atoms with Crippen LogP contribution in [0.25, 0.3) is 10.9 Å². The van der Waals surface area contributed by atoms with Gasteiger partial charge < -0.3 is 10.3 Å². The number of aromatic amines is 1. The number of nitrogens with zero attached hydrogens (tertiary/aromatic N) is 1. The molecule has 1 aromatic heterocycles. The molecule has 0 fully saturated rings. The van der Waals surface area contributed by atoms with E-state index in [2.05, 4.69) is 15.3 Å². The molecule has 2 heterocycles. The zero-order chi connectivity index (χ0) is 16.0. The molecule has 0 spiro atoms. The summed E-state index contributed by atoms with van der Waals surface area (Å²) in [7, 11) is 0. The van der Waals surface area contributed by atoms with Crippen LogP contribution in [0.3, 0.4) is 0 Å². The Morgan fingerprint density at radius 2 is 1.91 bits per heavy atom. The fraction of sp³-hybridized carbons (Fsp3) is 0.0588. The van der Waals surface area contributed by atoms with Crippen LogP contribution in [0.2, 0.25) is 0 Å². The van der Waals surface area contributed by atoms with Gasteiger partial charge in [-0.15, -0.1) is 0 Å². The van der Waals surface area contributed by atoms with E-state index in [4.69, 9.17) is 0 Å². The van der Waals surface area contributed by atoms with Crippen molar-refractivity contribution in [3.8, 4) is 0 Å². The van der Waals surface area contributed by atoms with Gasteiger partial charge in [-0.25, -0.2) is 8.78 Å². The minimum absolute atomic E-state index is 0.102. The van der Waals surface area contributed by atoms with Crippen LogP contribution in [0.1, 0.15) is 11.3 Å². The second-order valence-electron chi connectivity index (χ2n) is 5.26. The predicted octanol–water partition coefficient (Wildman–Crippen LogP) is 3.24.